The fraction of sp³-hybridized carbons (Fsp3) is 0.125. The average Bonchev–Trinajstić information content (AvgIpc) is 1.96. The Bertz CT molecular complexity index is 336. The number of halogens is 3. The lowest BCUT2D eigenvalue weighted by Gasteiger charge is -2.02. The van der Waals surface area contributed by atoms with Gasteiger partial charge in [-0.05, 0) is 58.8 Å². The van der Waals surface area contributed by atoms with Crippen LogP contribution in [0.2, 0.25) is 5.02 Å². The lowest BCUT2D eigenvalue weighted by atomic mass is 10.1. The van der Waals surface area contributed by atoms with Crippen molar-refractivity contribution < 1.29 is 4.79 Å². The molecular weight excluding hydrogens is 310 g/mol. The van der Waals surface area contributed by atoms with Crippen LogP contribution in [0, 0.1) is 10.5 Å². The Hall–Kier alpha value is 0.200. The monoisotopic (exact) mass is 314 g/mol. The number of carbonyl (C=O) groups is 1. The molecule has 0 aliphatic carbocycles. The second-order valence-electron chi connectivity index (χ2n) is 2.35. The normalized spacial score (nSPS) is 10.0. The Labute approximate surface area is 94.2 Å². The molecule has 0 N–H and O–H groups in total. The summed E-state index contributed by atoms with van der Waals surface area (Å²) in [5.41, 5.74) is 1.32. The van der Waals surface area contributed by atoms with Gasteiger partial charge in [-0.25, -0.2) is 0 Å². The molecule has 1 aromatic rings. The first-order chi connectivity index (χ1) is 5.52. The van der Waals surface area contributed by atoms with E-state index < -0.39 is 5.24 Å². The Morgan fingerprint density at radius 1 is 1.50 bits per heavy atom. The summed E-state index contributed by atoms with van der Waals surface area (Å²) in [6.07, 6.45) is 0. The van der Waals surface area contributed by atoms with Crippen LogP contribution in [0.4, 0.5) is 0 Å². The van der Waals surface area contributed by atoms with Crippen molar-refractivity contribution >= 4 is 51.0 Å². The molecule has 0 fully saturated rings. The van der Waals surface area contributed by atoms with Crippen LogP contribution in [0.25, 0.3) is 0 Å². The summed E-state index contributed by atoms with van der Waals surface area (Å²) in [5.74, 6) is 0. The summed E-state index contributed by atoms with van der Waals surface area (Å²) in [5, 5.41) is 0.0935. The van der Waals surface area contributed by atoms with Crippen molar-refractivity contribution in [3.63, 3.8) is 0 Å². The third-order valence-electron chi connectivity index (χ3n) is 1.48. The molecule has 64 valence electrons. The first-order valence-electron chi connectivity index (χ1n) is 3.18. The van der Waals surface area contributed by atoms with E-state index in [0.717, 1.165) is 9.13 Å². The molecule has 0 saturated heterocycles. The number of hydrogen-bond donors (Lipinski definition) is 0. The topological polar surface area (TPSA) is 17.1 Å². The van der Waals surface area contributed by atoms with Gasteiger partial charge in [0.1, 0.15) is 0 Å². The zero-order valence-corrected chi connectivity index (χ0v) is 9.87. The van der Waals surface area contributed by atoms with Crippen LogP contribution in [0.5, 0.6) is 0 Å². The Morgan fingerprint density at radius 2 is 2.08 bits per heavy atom. The summed E-state index contributed by atoms with van der Waals surface area (Å²) in [4.78, 5) is 10.8. The second kappa shape index (κ2) is 3.94. The standard InChI is InChI=1S/C8H5Cl2IO/c1-4-2-7(11)6(9)3-5(4)8(10)12/h2-3H,1H3. The highest BCUT2D eigenvalue weighted by atomic mass is 127. The van der Waals surface area contributed by atoms with E-state index >= 15 is 0 Å². The van der Waals surface area contributed by atoms with Gasteiger partial charge in [-0.15, -0.1) is 0 Å². The highest BCUT2D eigenvalue weighted by molar-refractivity contribution is 14.1. The van der Waals surface area contributed by atoms with E-state index in [-0.39, 0.29) is 0 Å². The predicted octanol–water partition coefficient (Wildman–Crippen LogP) is 3.63. The van der Waals surface area contributed by atoms with Gasteiger partial charge in [-0.3, -0.25) is 4.79 Å². The Kier molecular flexibility index (Phi) is 3.37. The molecule has 0 heterocycles. The van der Waals surface area contributed by atoms with E-state index in [2.05, 4.69) is 22.6 Å². The number of rotatable bonds is 1. The van der Waals surface area contributed by atoms with Crippen molar-refractivity contribution in [1.82, 2.24) is 0 Å². The molecule has 0 radical (unpaired) electrons. The summed E-state index contributed by atoms with van der Waals surface area (Å²) in [6, 6.07) is 3.42. The van der Waals surface area contributed by atoms with E-state index in [1.54, 1.807) is 6.07 Å². The first kappa shape index (κ1) is 10.3. The minimum atomic E-state index is -0.467. The lowest BCUT2D eigenvalue weighted by Crippen LogP contribution is -1.94. The zero-order valence-electron chi connectivity index (χ0n) is 6.20. The molecule has 4 heteroatoms. The van der Waals surface area contributed by atoms with Crippen molar-refractivity contribution in [2.45, 2.75) is 6.92 Å². The zero-order chi connectivity index (χ0) is 9.30. The van der Waals surface area contributed by atoms with E-state index in [1.807, 2.05) is 13.0 Å². The predicted molar refractivity (Wildman–Crippen MR) is 59.1 cm³/mol. The van der Waals surface area contributed by atoms with Gasteiger partial charge >= 0.3 is 0 Å². The van der Waals surface area contributed by atoms with Crippen LogP contribution in [0.1, 0.15) is 15.9 Å². The second-order valence-corrected chi connectivity index (χ2v) is 4.27. The van der Waals surface area contributed by atoms with Crippen LogP contribution in [0.3, 0.4) is 0 Å². The first-order valence-corrected chi connectivity index (χ1v) is 5.01. The molecule has 1 aromatic carbocycles. The maximum atomic E-state index is 10.8. The molecule has 12 heavy (non-hydrogen) atoms. The molecular formula is C8H5Cl2IO. The van der Waals surface area contributed by atoms with Gasteiger partial charge in [0.2, 0.25) is 0 Å². The molecule has 0 aromatic heterocycles. The third kappa shape index (κ3) is 2.12. The fourth-order valence-corrected chi connectivity index (χ4v) is 1.85. The van der Waals surface area contributed by atoms with Crippen molar-refractivity contribution in [3.05, 3.63) is 31.9 Å². The Balaban J connectivity index is 3.33. The largest absolute Gasteiger partial charge is 0.276 e. The molecule has 0 aliphatic rings. The van der Waals surface area contributed by atoms with Crippen molar-refractivity contribution in [1.29, 1.82) is 0 Å². The molecule has 0 saturated carbocycles. The molecule has 0 aliphatic heterocycles. The number of aryl methyl sites for hydroxylation is 1. The fourth-order valence-electron chi connectivity index (χ4n) is 0.858. The summed E-state index contributed by atoms with van der Waals surface area (Å²) < 4.78 is 0.924. The van der Waals surface area contributed by atoms with Crippen molar-refractivity contribution in [3.8, 4) is 0 Å². The number of hydrogen-bond acceptors (Lipinski definition) is 1. The van der Waals surface area contributed by atoms with Crippen LogP contribution >= 0.6 is 45.8 Å². The minimum Gasteiger partial charge on any atom is -0.276 e. The Morgan fingerprint density at radius 3 is 2.58 bits per heavy atom. The van der Waals surface area contributed by atoms with Crippen molar-refractivity contribution in [2.24, 2.45) is 0 Å². The van der Waals surface area contributed by atoms with Gasteiger partial charge in [0.25, 0.3) is 5.24 Å². The maximum Gasteiger partial charge on any atom is 0.252 e. The van der Waals surface area contributed by atoms with Gasteiger partial charge in [0.05, 0.1) is 5.02 Å². The highest BCUT2D eigenvalue weighted by Crippen LogP contribution is 2.23. The van der Waals surface area contributed by atoms with E-state index in [0.29, 0.717) is 10.6 Å². The van der Waals surface area contributed by atoms with E-state index in [1.165, 1.54) is 0 Å². The average molecular weight is 315 g/mol. The van der Waals surface area contributed by atoms with Crippen LogP contribution in [0.15, 0.2) is 12.1 Å². The van der Waals surface area contributed by atoms with Gasteiger partial charge in [-0.2, -0.15) is 0 Å². The number of benzene rings is 1. The van der Waals surface area contributed by atoms with Crippen LogP contribution in [-0.2, 0) is 0 Å². The molecule has 0 spiro atoms. The molecule has 0 atom stereocenters. The quantitative estimate of drug-likeness (QED) is 0.571. The van der Waals surface area contributed by atoms with Gasteiger partial charge in [0.15, 0.2) is 0 Å². The third-order valence-corrected chi connectivity index (χ3v) is 3.21. The highest BCUT2D eigenvalue weighted by Gasteiger charge is 2.08. The van der Waals surface area contributed by atoms with Crippen molar-refractivity contribution in [2.75, 3.05) is 0 Å². The van der Waals surface area contributed by atoms with Gasteiger partial charge in [-0.1, -0.05) is 11.6 Å². The van der Waals surface area contributed by atoms with Crippen LogP contribution < -0.4 is 0 Å². The van der Waals surface area contributed by atoms with E-state index in [4.69, 9.17) is 23.2 Å². The van der Waals surface area contributed by atoms with Crippen LogP contribution in [-0.4, -0.2) is 5.24 Å². The summed E-state index contributed by atoms with van der Waals surface area (Å²) in [6.45, 7) is 1.83. The molecule has 0 unspecified atom stereocenters. The molecule has 0 amide bonds. The molecule has 1 nitrogen and oxygen atoms in total. The maximum absolute atomic E-state index is 10.8. The summed E-state index contributed by atoms with van der Waals surface area (Å²) in [7, 11) is 0. The number of carbonyl (C=O) groups excluding carboxylic acids is 1. The molecule has 1 rings (SSSR count). The van der Waals surface area contributed by atoms with Gasteiger partial charge in [0, 0.05) is 9.13 Å². The van der Waals surface area contributed by atoms with E-state index in [9.17, 15) is 4.79 Å². The smallest absolute Gasteiger partial charge is 0.252 e. The lowest BCUT2D eigenvalue weighted by molar-refractivity contribution is 0.108. The van der Waals surface area contributed by atoms with Gasteiger partial charge < -0.3 is 0 Å². The minimum absolute atomic E-state index is 0.467. The SMILES string of the molecule is Cc1cc(I)c(Cl)cc1C(=O)Cl. The summed E-state index contributed by atoms with van der Waals surface area (Å²) >= 11 is 13.2. The molecule has 0 bridgehead atoms.